The summed E-state index contributed by atoms with van der Waals surface area (Å²) < 4.78 is 80.8. The first-order chi connectivity index (χ1) is 15.0. The number of sulfonamides is 1. The zero-order valence-electron chi connectivity index (χ0n) is 17.2. The first kappa shape index (κ1) is 22.7. The predicted molar refractivity (Wildman–Crippen MR) is 111 cm³/mol. The summed E-state index contributed by atoms with van der Waals surface area (Å²) in [7, 11) is -3.39. The standard InChI is InChI=1S/C22H22F4N2O3S/c1-32(30,31)27-13-7-8-28(11-13)22(29)17-10-15(17)14-6-5-12(21(25)26)9-16(14)20-18(23)3-2-4-19(20)24/h2-6,9,13,15,17,21,27H,7-8,10-11H2,1H3. The smallest absolute Gasteiger partial charge is 0.263 e. The van der Waals surface area contributed by atoms with E-state index in [2.05, 4.69) is 4.72 Å². The molecule has 3 atom stereocenters. The second kappa shape index (κ2) is 8.47. The fourth-order valence-electron chi connectivity index (χ4n) is 4.41. The Hall–Kier alpha value is -2.46. The van der Waals surface area contributed by atoms with Crippen LogP contribution in [0.15, 0.2) is 36.4 Å². The number of hydrogen-bond acceptors (Lipinski definition) is 3. The van der Waals surface area contributed by atoms with Gasteiger partial charge < -0.3 is 4.90 Å². The molecule has 2 aromatic rings. The van der Waals surface area contributed by atoms with Crippen molar-refractivity contribution in [3.05, 3.63) is 59.2 Å². The van der Waals surface area contributed by atoms with Crippen molar-refractivity contribution in [1.82, 2.24) is 9.62 Å². The lowest BCUT2D eigenvalue weighted by molar-refractivity contribution is -0.131. The zero-order valence-corrected chi connectivity index (χ0v) is 18.0. The highest BCUT2D eigenvalue weighted by Gasteiger charge is 2.48. The van der Waals surface area contributed by atoms with Crippen LogP contribution in [-0.4, -0.2) is 44.6 Å². The summed E-state index contributed by atoms with van der Waals surface area (Å²) in [5.41, 5.74) is -0.274. The van der Waals surface area contributed by atoms with Crippen molar-refractivity contribution in [2.45, 2.75) is 31.2 Å². The van der Waals surface area contributed by atoms with Gasteiger partial charge in [-0.25, -0.2) is 30.7 Å². The Kier molecular flexibility index (Phi) is 6.02. The summed E-state index contributed by atoms with van der Waals surface area (Å²) in [4.78, 5) is 14.5. The van der Waals surface area contributed by atoms with Crippen LogP contribution < -0.4 is 4.72 Å². The van der Waals surface area contributed by atoms with Gasteiger partial charge in [-0.15, -0.1) is 0 Å². The molecule has 3 unspecified atom stereocenters. The maximum absolute atomic E-state index is 14.5. The van der Waals surface area contributed by atoms with Gasteiger partial charge in [-0.05, 0) is 48.1 Å². The molecule has 5 nitrogen and oxygen atoms in total. The molecule has 1 heterocycles. The van der Waals surface area contributed by atoms with Crippen LogP contribution in [0.3, 0.4) is 0 Å². The first-order valence-electron chi connectivity index (χ1n) is 10.2. The fourth-order valence-corrected chi connectivity index (χ4v) is 5.21. The number of hydrogen-bond donors (Lipinski definition) is 1. The molecule has 10 heteroatoms. The van der Waals surface area contributed by atoms with Gasteiger partial charge in [-0.1, -0.05) is 18.2 Å². The van der Waals surface area contributed by atoms with E-state index in [1.807, 2.05) is 0 Å². The minimum Gasteiger partial charge on any atom is -0.341 e. The molecule has 2 aliphatic rings. The highest BCUT2D eigenvalue weighted by Crippen LogP contribution is 2.52. The molecule has 1 saturated carbocycles. The van der Waals surface area contributed by atoms with Crippen LogP contribution in [0.4, 0.5) is 17.6 Å². The predicted octanol–water partition coefficient (Wildman–Crippen LogP) is 3.82. The van der Waals surface area contributed by atoms with Gasteiger partial charge >= 0.3 is 0 Å². The van der Waals surface area contributed by atoms with Crippen molar-refractivity contribution < 1.29 is 30.8 Å². The second-order valence-corrected chi connectivity index (χ2v) is 10.1. The largest absolute Gasteiger partial charge is 0.341 e. The van der Waals surface area contributed by atoms with E-state index in [4.69, 9.17) is 0 Å². The van der Waals surface area contributed by atoms with Gasteiger partial charge in [0.2, 0.25) is 15.9 Å². The number of nitrogens with one attached hydrogen (secondary N) is 1. The molecule has 1 saturated heterocycles. The number of rotatable bonds is 6. The van der Waals surface area contributed by atoms with Gasteiger partial charge in [0, 0.05) is 30.6 Å². The van der Waals surface area contributed by atoms with Crippen molar-refractivity contribution in [3.8, 4) is 11.1 Å². The fraction of sp³-hybridized carbons (Fsp3) is 0.409. The van der Waals surface area contributed by atoms with Crippen LogP contribution in [-0.2, 0) is 14.8 Å². The molecule has 32 heavy (non-hydrogen) atoms. The third kappa shape index (κ3) is 4.66. The SMILES string of the molecule is CS(=O)(=O)NC1CCN(C(=O)C2CC2c2ccc(C(F)F)cc2-c2c(F)cccc2F)C1. The molecular weight excluding hydrogens is 448 g/mol. The van der Waals surface area contributed by atoms with Crippen LogP contribution in [0, 0.1) is 17.6 Å². The van der Waals surface area contributed by atoms with Crippen molar-refractivity contribution in [1.29, 1.82) is 0 Å². The number of alkyl halides is 2. The Morgan fingerprint density at radius 1 is 1.16 bits per heavy atom. The summed E-state index contributed by atoms with van der Waals surface area (Å²) in [6.45, 7) is 0.641. The van der Waals surface area contributed by atoms with E-state index in [1.165, 1.54) is 18.2 Å². The van der Waals surface area contributed by atoms with Gasteiger partial charge in [0.1, 0.15) is 11.6 Å². The molecule has 2 fully saturated rings. The Balaban J connectivity index is 1.58. The van der Waals surface area contributed by atoms with E-state index in [-0.39, 0.29) is 41.1 Å². The number of benzene rings is 2. The second-order valence-electron chi connectivity index (χ2n) is 8.35. The number of halogens is 4. The van der Waals surface area contributed by atoms with Gasteiger partial charge in [0.25, 0.3) is 6.43 Å². The average molecular weight is 470 g/mol. The molecule has 1 N–H and O–H groups in total. The third-order valence-corrected chi connectivity index (χ3v) is 6.71. The summed E-state index contributed by atoms with van der Waals surface area (Å²) in [6, 6.07) is 6.67. The summed E-state index contributed by atoms with van der Waals surface area (Å²) in [6.07, 6.45) is -0.833. The number of carbonyl (C=O) groups is 1. The highest BCUT2D eigenvalue weighted by molar-refractivity contribution is 7.88. The maximum atomic E-state index is 14.5. The van der Waals surface area contributed by atoms with Crippen LogP contribution in [0.1, 0.15) is 36.3 Å². The molecule has 0 aromatic heterocycles. The Labute approximate surface area is 183 Å². The minimum absolute atomic E-state index is 0.0248. The normalized spacial score (nSPS) is 23.1. The number of likely N-dealkylation sites (tertiary alicyclic amines) is 1. The van der Waals surface area contributed by atoms with Crippen LogP contribution in [0.5, 0.6) is 0 Å². The number of nitrogens with zero attached hydrogens (tertiary/aromatic N) is 1. The first-order valence-corrected chi connectivity index (χ1v) is 12.1. The molecule has 1 amide bonds. The third-order valence-electron chi connectivity index (χ3n) is 5.95. The number of amides is 1. The molecule has 1 aliphatic carbocycles. The summed E-state index contributed by atoms with van der Waals surface area (Å²) >= 11 is 0. The molecule has 0 spiro atoms. The van der Waals surface area contributed by atoms with Gasteiger partial charge in [0.15, 0.2) is 0 Å². The molecule has 1 aliphatic heterocycles. The van der Waals surface area contributed by atoms with Crippen LogP contribution in [0.2, 0.25) is 0 Å². The molecule has 0 radical (unpaired) electrons. The Bertz CT molecular complexity index is 1140. The van der Waals surface area contributed by atoms with E-state index in [9.17, 15) is 30.8 Å². The molecule has 4 rings (SSSR count). The van der Waals surface area contributed by atoms with Crippen molar-refractivity contribution >= 4 is 15.9 Å². The molecule has 0 bridgehead atoms. The maximum Gasteiger partial charge on any atom is 0.263 e. The van der Waals surface area contributed by atoms with Crippen molar-refractivity contribution in [3.63, 3.8) is 0 Å². The summed E-state index contributed by atoms with van der Waals surface area (Å²) in [5.74, 6) is -2.71. The van der Waals surface area contributed by atoms with E-state index in [0.717, 1.165) is 24.5 Å². The van der Waals surface area contributed by atoms with Crippen LogP contribution in [0.25, 0.3) is 11.1 Å². The lowest BCUT2D eigenvalue weighted by Crippen LogP contribution is -2.38. The van der Waals surface area contributed by atoms with Crippen molar-refractivity contribution in [2.24, 2.45) is 5.92 Å². The average Bonchev–Trinajstić information content (AvgIpc) is 3.37. The van der Waals surface area contributed by atoms with Crippen LogP contribution >= 0.6 is 0 Å². The number of carbonyl (C=O) groups excluding carboxylic acids is 1. The van der Waals surface area contributed by atoms with E-state index >= 15 is 0 Å². The van der Waals surface area contributed by atoms with E-state index in [0.29, 0.717) is 24.9 Å². The quantitative estimate of drug-likeness (QED) is 0.653. The van der Waals surface area contributed by atoms with E-state index < -0.39 is 34.0 Å². The highest BCUT2D eigenvalue weighted by atomic mass is 32.2. The van der Waals surface area contributed by atoms with E-state index in [1.54, 1.807) is 4.90 Å². The van der Waals surface area contributed by atoms with Gasteiger partial charge in [-0.2, -0.15) is 0 Å². The van der Waals surface area contributed by atoms with Gasteiger partial charge in [0.05, 0.1) is 11.8 Å². The summed E-state index contributed by atoms with van der Waals surface area (Å²) in [5, 5.41) is 0. The topological polar surface area (TPSA) is 66.5 Å². The lowest BCUT2D eigenvalue weighted by atomic mass is 9.93. The molecule has 2 aromatic carbocycles. The lowest BCUT2D eigenvalue weighted by Gasteiger charge is -2.18. The zero-order chi connectivity index (χ0) is 23.2. The molecule has 172 valence electrons. The van der Waals surface area contributed by atoms with Crippen molar-refractivity contribution in [2.75, 3.05) is 19.3 Å². The molecular formula is C22H22F4N2O3S. The Morgan fingerprint density at radius 2 is 1.84 bits per heavy atom. The van der Waals surface area contributed by atoms with Gasteiger partial charge in [-0.3, -0.25) is 4.79 Å². The Morgan fingerprint density at radius 3 is 2.47 bits per heavy atom. The monoisotopic (exact) mass is 470 g/mol. The minimum atomic E-state index is -3.39.